The molecule has 0 fully saturated rings. The molecule has 3 rings (SSSR count). The summed E-state index contributed by atoms with van der Waals surface area (Å²) < 4.78 is 11.0. The van der Waals surface area contributed by atoms with Gasteiger partial charge in [-0.05, 0) is 24.3 Å². The van der Waals surface area contributed by atoms with Gasteiger partial charge in [0.25, 0.3) is 0 Å². The van der Waals surface area contributed by atoms with E-state index in [1.807, 2.05) is 0 Å². The zero-order valence-corrected chi connectivity index (χ0v) is 12.8. The van der Waals surface area contributed by atoms with Gasteiger partial charge in [0.2, 0.25) is 5.91 Å². The van der Waals surface area contributed by atoms with Gasteiger partial charge in [-0.15, -0.1) is 0 Å². The zero-order chi connectivity index (χ0) is 17.1. The van der Waals surface area contributed by atoms with Gasteiger partial charge in [-0.2, -0.15) is 0 Å². The molecule has 7 nitrogen and oxygen atoms in total. The molecule has 3 aromatic rings. The summed E-state index contributed by atoms with van der Waals surface area (Å²) in [6.45, 7) is -0.231. The molecule has 0 saturated carbocycles. The molecule has 24 heavy (non-hydrogen) atoms. The van der Waals surface area contributed by atoms with E-state index in [1.54, 1.807) is 48.5 Å². The second-order valence-electron chi connectivity index (χ2n) is 5.01. The van der Waals surface area contributed by atoms with Crippen LogP contribution in [-0.2, 0) is 16.1 Å². The number of benzene rings is 2. The zero-order valence-electron chi connectivity index (χ0n) is 12.8. The first-order valence-corrected chi connectivity index (χ1v) is 7.15. The Bertz CT molecular complexity index is 970. The fraction of sp³-hybridized carbons (Fsp3) is 0.118. The number of nitrogens with zero attached hydrogens (tertiary/aromatic N) is 1. The molecule has 1 N–H and O–H groups in total. The van der Waals surface area contributed by atoms with Gasteiger partial charge < -0.3 is 14.5 Å². The quantitative estimate of drug-likeness (QED) is 0.741. The molecule has 0 aliphatic rings. The molecule has 1 amide bonds. The fourth-order valence-corrected chi connectivity index (χ4v) is 2.38. The summed E-state index contributed by atoms with van der Waals surface area (Å²) in [6.07, 6.45) is 0. The number of ether oxygens (including phenoxy) is 1. The van der Waals surface area contributed by atoms with E-state index in [4.69, 9.17) is 4.42 Å². The molecule has 0 aliphatic carbocycles. The molecular formula is C17H14N2O5. The minimum atomic E-state index is -0.618. The van der Waals surface area contributed by atoms with E-state index in [-0.39, 0.29) is 12.1 Å². The van der Waals surface area contributed by atoms with Crippen LogP contribution in [0.3, 0.4) is 0 Å². The molecule has 0 unspecified atom stereocenters. The molecular weight excluding hydrogens is 312 g/mol. The van der Waals surface area contributed by atoms with Crippen molar-refractivity contribution >= 4 is 28.7 Å². The predicted octanol–water partition coefficient (Wildman–Crippen LogP) is 2.02. The molecule has 1 heterocycles. The van der Waals surface area contributed by atoms with E-state index in [1.165, 1.54) is 11.7 Å². The molecule has 0 radical (unpaired) electrons. The standard InChI is InChI=1S/C17H14N2O5/c1-23-16(21)11-6-2-3-7-12(11)18-15(20)10-19-13-8-4-5-9-14(13)24-17(19)22/h2-9H,10H2,1H3,(H,18,20). The lowest BCUT2D eigenvalue weighted by molar-refractivity contribution is -0.116. The van der Waals surface area contributed by atoms with Gasteiger partial charge in [0.1, 0.15) is 6.54 Å². The Labute approximate surface area is 136 Å². The van der Waals surface area contributed by atoms with Crippen molar-refractivity contribution < 1.29 is 18.7 Å². The summed E-state index contributed by atoms with van der Waals surface area (Å²) in [7, 11) is 1.26. The van der Waals surface area contributed by atoms with Crippen LogP contribution in [0.25, 0.3) is 11.1 Å². The van der Waals surface area contributed by atoms with Crippen LogP contribution in [0.1, 0.15) is 10.4 Å². The highest BCUT2D eigenvalue weighted by atomic mass is 16.5. The number of nitrogens with one attached hydrogen (secondary N) is 1. The summed E-state index contributed by atoms with van der Waals surface area (Å²) in [4.78, 5) is 35.9. The first-order chi connectivity index (χ1) is 11.6. The van der Waals surface area contributed by atoms with Crippen LogP contribution in [0.4, 0.5) is 5.69 Å². The Morgan fingerprint density at radius 3 is 2.62 bits per heavy atom. The maximum Gasteiger partial charge on any atom is 0.420 e. The monoisotopic (exact) mass is 326 g/mol. The third kappa shape index (κ3) is 2.91. The van der Waals surface area contributed by atoms with Gasteiger partial charge in [0.05, 0.1) is 23.9 Å². The van der Waals surface area contributed by atoms with Gasteiger partial charge in [-0.25, -0.2) is 9.59 Å². The van der Waals surface area contributed by atoms with E-state index < -0.39 is 17.6 Å². The van der Waals surface area contributed by atoms with Crippen molar-refractivity contribution in [2.24, 2.45) is 0 Å². The van der Waals surface area contributed by atoms with Crippen molar-refractivity contribution in [3.8, 4) is 0 Å². The SMILES string of the molecule is COC(=O)c1ccccc1NC(=O)Cn1c(=O)oc2ccccc21. The number of anilines is 1. The topological polar surface area (TPSA) is 90.5 Å². The van der Waals surface area contributed by atoms with Crippen molar-refractivity contribution in [2.75, 3.05) is 12.4 Å². The Morgan fingerprint density at radius 1 is 1.12 bits per heavy atom. The molecule has 0 bridgehead atoms. The minimum Gasteiger partial charge on any atom is -0.465 e. The molecule has 122 valence electrons. The number of carbonyl (C=O) groups excluding carboxylic acids is 2. The first-order valence-electron chi connectivity index (χ1n) is 7.15. The van der Waals surface area contributed by atoms with Crippen LogP contribution < -0.4 is 11.1 Å². The molecule has 7 heteroatoms. The number of hydrogen-bond acceptors (Lipinski definition) is 5. The van der Waals surface area contributed by atoms with Crippen molar-refractivity contribution in [3.63, 3.8) is 0 Å². The number of carbonyl (C=O) groups is 2. The molecule has 2 aromatic carbocycles. The van der Waals surface area contributed by atoms with Crippen molar-refractivity contribution in [2.45, 2.75) is 6.54 Å². The maximum atomic E-state index is 12.3. The Kier molecular flexibility index (Phi) is 4.15. The highest BCUT2D eigenvalue weighted by molar-refractivity contribution is 6.01. The largest absolute Gasteiger partial charge is 0.465 e. The van der Waals surface area contributed by atoms with Crippen molar-refractivity contribution in [1.29, 1.82) is 0 Å². The summed E-state index contributed by atoms with van der Waals surface area (Å²) >= 11 is 0. The molecule has 0 spiro atoms. The second-order valence-corrected chi connectivity index (χ2v) is 5.01. The Morgan fingerprint density at radius 2 is 1.83 bits per heavy atom. The van der Waals surface area contributed by atoms with E-state index >= 15 is 0 Å². The number of esters is 1. The van der Waals surface area contributed by atoms with Crippen LogP contribution in [0, 0.1) is 0 Å². The van der Waals surface area contributed by atoms with Crippen LogP contribution in [0.15, 0.2) is 57.7 Å². The number of methoxy groups -OCH3 is 1. The number of rotatable bonds is 4. The van der Waals surface area contributed by atoms with E-state index in [0.29, 0.717) is 16.8 Å². The predicted molar refractivity (Wildman–Crippen MR) is 86.9 cm³/mol. The van der Waals surface area contributed by atoms with E-state index in [9.17, 15) is 14.4 Å². The van der Waals surface area contributed by atoms with Crippen molar-refractivity contribution in [3.05, 3.63) is 64.6 Å². The van der Waals surface area contributed by atoms with Crippen LogP contribution >= 0.6 is 0 Å². The van der Waals surface area contributed by atoms with Crippen molar-refractivity contribution in [1.82, 2.24) is 4.57 Å². The van der Waals surface area contributed by atoms with Crippen LogP contribution in [-0.4, -0.2) is 23.6 Å². The fourth-order valence-electron chi connectivity index (χ4n) is 2.38. The molecule has 0 atom stereocenters. The smallest absolute Gasteiger partial charge is 0.420 e. The average Bonchev–Trinajstić information content (AvgIpc) is 2.90. The van der Waals surface area contributed by atoms with Gasteiger partial charge in [-0.3, -0.25) is 9.36 Å². The normalized spacial score (nSPS) is 10.5. The minimum absolute atomic E-state index is 0.231. The highest BCUT2D eigenvalue weighted by Crippen LogP contribution is 2.17. The second kappa shape index (κ2) is 6.41. The average molecular weight is 326 g/mol. The van der Waals surface area contributed by atoms with Gasteiger partial charge in [0.15, 0.2) is 5.58 Å². The number of hydrogen-bond donors (Lipinski definition) is 1. The lowest BCUT2D eigenvalue weighted by Gasteiger charge is -2.09. The van der Waals surface area contributed by atoms with E-state index in [0.717, 1.165) is 0 Å². The summed E-state index contributed by atoms with van der Waals surface area (Å²) in [5.41, 5.74) is 1.48. The number of aromatic nitrogens is 1. The number of para-hydroxylation sites is 3. The lowest BCUT2D eigenvalue weighted by Crippen LogP contribution is -2.25. The molecule has 0 saturated heterocycles. The van der Waals surface area contributed by atoms with Gasteiger partial charge >= 0.3 is 11.7 Å². The lowest BCUT2D eigenvalue weighted by atomic mass is 10.2. The molecule has 1 aromatic heterocycles. The number of oxazole rings is 1. The summed E-state index contributed by atoms with van der Waals surface area (Å²) in [5, 5.41) is 2.61. The van der Waals surface area contributed by atoms with Gasteiger partial charge in [0, 0.05) is 0 Å². The Hall–Kier alpha value is -3.35. The summed E-state index contributed by atoms with van der Waals surface area (Å²) in [6, 6.07) is 13.3. The van der Waals surface area contributed by atoms with Gasteiger partial charge in [-0.1, -0.05) is 24.3 Å². The van der Waals surface area contributed by atoms with Crippen LogP contribution in [0.2, 0.25) is 0 Å². The maximum absolute atomic E-state index is 12.3. The third-order valence-electron chi connectivity index (χ3n) is 3.48. The Balaban J connectivity index is 1.85. The third-order valence-corrected chi connectivity index (χ3v) is 3.48. The first kappa shape index (κ1) is 15.5. The highest BCUT2D eigenvalue weighted by Gasteiger charge is 2.16. The number of amides is 1. The number of fused-ring (bicyclic) bond motifs is 1. The van der Waals surface area contributed by atoms with E-state index in [2.05, 4.69) is 10.1 Å². The summed E-state index contributed by atoms with van der Waals surface area (Å²) in [5.74, 6) is -1.63. The molecule has 0 aliphatic heterocycles. The van der Waals surface area contributed by atoms with Crippen LogP contribution in [0.5, 0.6) is 0 Å².